The predicted octanol–water partition coefficient (Wildman–Crippen LogP) is 3.61. The Hall–Kier alpha value is -1.11. The Morgan fingerprint density at radius 3 is 2.88 bits per heavy atom. The fraction of sp³-hybridized carbons (Fsp3) is 0.611. The smallest absolute Gasteiger partial charge is 0.415 e. The van der Waals surface area contributed by atoms with Crippen LogP contribution >= 0.6 is 15.9 Å². The Morgan fingerprint density at radius 2 is 2.21 bits per heavy atom. The van der Waals surface area contributed by atoms with Gasteiger partial charge in [0.05, 0.1) is 5.69 Å². The summed E-state index contributed by atoms with van der Waals surface area (Å²) in [5.74, 6) is 0.284. The van der Waals surface area contributed by atoms with Crippen molar-refractivity contribution < 1.29 is 14.6 Å². The lowest BCUT2D eigenvalue weighted by molar-refractivity contribution is 0.0537. The van der Waals surface area contributed by atoms with Gasteiger partial charge in [-0.15, -0.1) is 0 Å². The number of carbonyl (C=O) groups excluding carboxylic acids is 1. The van der Waals surface area contributed by atoms with E-state index in [1.54, 1.807) is 4.90 Å². The van der Waals surface area contributed by atoms with Gasteiger partial charge >= 0.3 is 6.09 Å². The van der Waals surface area contributed by atoms with Crippen molar-refractivity contribution in [2.75, 3.05) is 18.1 Å². The molecule has 0 unspecified atom stereocenters. The fourth-order valence-corrected chi connectivity index (χ4v) is 4.24. The van der Waals surface area contributed by atoms with Gasteiger partial charge in [-0.1, -0.05) is 15.9 Å². The molecule has 1 aromatic rings. The molecule has 24 heavy (non-hydrogen) atoms. The maximum Gasteiger partial charge on any atom is 0.415 e. The van der Waals surface area contributed by atoms with E-state index in [0.29, 0.717) is 6.42 Å². The Labute approximate surface area is 151 Å². The first-order valence-electron chi connectivity index (χ1n) is 8.48. The standard InChI is InChI=1S/C18H25BrN2O3/c1-18(2,3)24-17(23)21-14-5-4-11(19)10-13(14)16-12(6-8-20-16)15(21)7-9-22/h4-5,10,12,15-16,20,22H,6-9H2,1-3H3/t12-,15-,16-/m0/s1. The molecule has 1 fully saturated rings. The molecule has 1 aromatic carbocycles. The van der Waals surface area contributed by atoms with Gasteiger partial charge in [-0.05, 0) is 63.9 Å². The van der Waals surface area contributed by atoms with E-state index >= 15 is 0 Å². The number of nitrogens with one attached hydrogen (secondary N) is 1. The zero-order valence-corrected chi connectivity index (χ0v) is 16.0. The lowest BCUT2D eigenvalue weighted by Gasteiger charge is -2.44. The molecule has 1 amide bonds. The molecule has 0 aromatic heterocycles. The van der Waals surface area contributed by atoms with Gasteiger partial charge in [0.1, 0.15) is 5.60 Å². The van der Waals surface area contributed by atoms with Crippen molar-refractivity contribution in [3.8, 4) is 0 Å². The Bertz CT molecular complexity index is 629. The third kappa shape index (κ3) is 3.32. The van der Waals surface area contributed by atoms with Gasteiger partial charge < -0.3 is 15.2 Å². The van der Waals surface area contributed by atoms with Gasteiger partial charge in [0, 0.05) is 29.1 Å². The number of fused-ring (bicyclic) bond motifs is 3. The van der Waals surface area contributed by atoms with Crippen LogP contribution in [0.5, 0.6) is 0 Å². The number of carbonyl (C=O) groups is 1. The number of aliphatic hydroxyl groups excluding tert-OH is 1. The molecule has 1 saturated heterocycles. The molecule has 0 radical (unpaired) electrons. The van der Waals surface area contributed by atoms with E-state index in [2.05, 4.69) is 27.3 Å². The lowest BCUT2D eigenvalue weighted by Crippen LogP contribution is -2.52. The molecule has 0 bridgehead atoms. The van der Waals surface area contributed by atoms with Crippen LogP contribution < -0.4 is 10.2 Å². The maximum atomic E-state index is 12.9. The van der Waals surface area contributed by atoms with Crippen molar-refractivity contribution in [3.05, 3.63) is 28.2 Å². The van der Waals surface area contributed by atoms with E-state index in [9.17, 15) is 9.90 Å². The fourth-order valence-electron chi connectivity index (χ4n) is 3.86. The molecule has 0 saturated carbocycles. The molecule has 2 aliphatic heterocycles. The van der Waals surface area contributed by atoms with Gasteiger partial charge in [-0.2, -0.15) is 0 Å². The summed E-state index contributed by atoms with van der Waals surface area (Å²) >= 11 is 3.54. The van der Waals surface area contributed by atoms with E-state index in [4.69, 9.17) is 4.74 Å². The second-order valence-electron chi connectivity index (χ2n) is 7.52. The molecule has 2 heterocycles. The SMILES string of the molecule is CC(C)(C)OC(=O)N1c2ccc(Br)cc2[C@H]2NCC[C@H]2[C@@H]1CCO. The van der Waals surface area contributed by atoms with E-state index in [1.165, 1.54) is 0 Å². The summed E-state index contributed by atoms with van der Waals surface area (Å²) in [4.78, 5) is 14.7. The van der Waals surface area contributed by atoms with Crippen LogP contribution in [-0.2, 0) is 4.74 Å². The summed E-state index contributed by atoms with van der Waals surface area (Å²) in [6.07, 6.45) is 1.20. The van der Waals surface area contributed by atoms with Crippen LogP contribution in [0.15, 0.2) is 22.7 Å². The number of amides is 1. The maximum absolute atomic E-state index is 12.9. The summed E-state index contributed by atoms with van der Waals surface area (Å²) in [6, 6.07) is 6.15. The third-order valence-electron chi connectivity index (χ3n) is 4.70. The van der Waals surface area contributed by atoms with E-state index in [0.717, 1.165) is 28.7 Å². The number of nitrogens with zero attached hydrogens (tertiary/aromatic N) is 1. The van der Waals surface area contributed by atoms with Crippen molar-refractivity contribution in [2.24, 2.45) is 5.92 Å². The molecule has 2 aliphatic rings. The topological polar surface area (TPSA) is 61.8 Å². The molecule has 132 valence electrons. The number of ether oxygens (including phenoxy) is 1. The van der Waals surface area contributed by atoms with E-state index in [1.807, 2.05) is 32.9 Å². The monoisotopic (exact) mass is 396 g/mol. The number of rotatable bonds is 2. The van der Waals surface area contributed by atoms with E-state index < -0.39 is 5.60 Å². The zero-order chi connectivity index (χ0) is 17.5. The summed E-state index contributed by atoms with van der Waals surface area (Å²) < 4.78 is 6.66. The first-order valence-corrected chi connectivity index (χ1v) is 9.27. The Balaban J connectivity index is 2.06. The lowest BCUT2D eigenvalue weighted by atomic mass is 9.81. The zero-order valence-electron chi connectivity index (χ0n) is 14.4. The minimum atomic E-state index is -0.554. The molecule has 6 heteroatoms. The van der Waals surface area contributed by atoms with Crippen LogP contribution in [0.4, 0.5) is 10.5 Å². The molecule has 0 spiro atoms. The van der Waals surface area contributed by atoms with Crippen LogP contribution in [0.3, 0.4) is 0 Å². The van der Waals surface area contributed by atoms with E-state index in [-0.39, 0.29) is 30.7 Å². The molecule has 3 rings (SSSR count). The molecule has 0 aliphatic carbocycles. The Kier molecular flexibility index (Phi) is 4.91. The van der Waals surface area contributed by atoms with Crippen LogP contribution in [-0.4, -0.2) is 36.0 Å². The first kappa shape index (κ1) is 17.7. The number of hydrogen-bond donors (Lipinski definition) is 2. The van der Waals surface area contributed by atoms with Gasteiger partial charge in [-0.3, -0.25) is 4.90 Å². The molecule has 3 atom stereocenters. The minimum absolute atomic E-state index is 0.0546. The van der Waals surface area contributed by atoms with Crippen LogP contribution in [0, 0.1) is 5.92 Å². The minimum Gasteiger partial charge on any atom is -0.443 e. The number of halogens is 1. The number of hydrogen-bond acceptors (Lipinski definition) is 4. The van der Waals surface area contributed by atoms with Crippen molar-refractivity contribution in [1.29, 1.82) is 0 Å². The van der Waals surface area contributed by atoms with Crippen molar-refractivity contribution >= 4 is 27.7 Å². The Morgan fingerprint density at radius 1 is 1.46 bits per heavy atom. The summed E-state index contributed by atoms with van der Waals surface area (Å²) in [5.41, 5.74) is 1.44. The highest BCUT2D eigenvalue weighted by atomic mass is 79.9. The highest BCUT2D eigenvalue weighted by Crippen LogP contribution is 2.46. The molecular formula is C18H25BrN2O3. The third-order valence-corrected chi connectivity index (χ3v) is 5.19. The van der Waals surface area contributed by atoms with Gasteiger partial charge in [0.25, 0.3) is 0 Å². The number of benzene rings is 1. The van der Waals surface area contributed by atoms with Crippen molar-refractivity contribution in [3.63, 3.8) is 0 Å². The van der Waals surface area contributed by atoms with Crippen LogP contribution in [0.1, 0.15) is 45.2 Å². The molecule has 5 nitrogen and oxygen atoms in total. The van der Waals surface area contributed by atoms with Crippen LogP contribution in [0.2, 0.25) is 0 Å². The van der Waals surface area contributed by atoms with Crippen molar-refractivity contribution in [2.45, 2.75) is 51.3 Å². The summed E-state index contributed by atoms with van der Waals surface area (Å²) in [7, 11) is 0. The van der Waals surface area contributed by atoms with Gasteiger partial charge in [0.15, 0.2) is 0 Å². The normalized spacial score (nSPS) is 26.0. The highest BCUT2D eigenvalue weighted by Gasteiger charge is 2.46. The van der Waals surface area contributed by atoms with Crippen molar-refractivity contribution in [1.82, 2.24) is 5.32 Å². The summed E-state index contributed by atoms with van der Waals surface area (Å²) in [6.45, 7) is 6.60. The second-order valence-corrected chi connectivity index (χ2v) is 8.43. The predicted molar refractivity (Wildman–Crippen MR) is 97.2 cm³/mol. The van der Waals surface area contributed by atoms with Crippen LogP contribution in [0.25, 0.3) is 0 Å². The first-order chi connectivity index (χ1) is 11.3. The number of anilines is 1. The quantitative estimate of drug-likeness (QED) is 0.801. The molecular weight excluding hydrogens is 372 g/mol. The molecule has 2 N–H and O–H groups in total. The largest absolute Gasteiger partial charge is 0.443 e. The number of aliphatic hydroxyl groups is 1. The highest BCUT2D eigenvalue weighted by molar-refractivity contribution is 9.10. The van der Waals surface area contributed by atoms with Gasteiger partial charge in [0.2, 0.25) is 0 Å². The average molecular weight is 397 g/mol. The van der Waals surface area contributed by atoms with Gasteiger partial charge in [-0.25, -0.2) is 4.79 Å². The second kappa shape index (κ2) is 6.65. The average Bonchev–Trinajstić information content (AvgIpc) is 2.95. The summed E-state index contributed by atoms with van der Waals surface area (Å²) in [5, 5.41) is 13.1.